The van der Waals surface area contributed by atoms with Gasteiger partial charge in [-0.05, 0) is 30.4 Å². The summed E-state index contributed by atoms with van der Waals surface area (Å²) in [6, 6.07) is 8.14. The van der Waals surface area contributed by atoms with Gasteiger partial charge in [0.05, 0.1) is 13.0 Å². The van der Waals surface area contributed by atoms with E-state index in [-0.39, 0.29) is 5.91 Å². The van der Waals surface area contributed by atoms with E-state index in [1.807, 2.05) is 18.4 Å². The van der Waals surface area contributed by atoms with Gasteiger partial charge in [0.25, 0.3) is 0 Å². The largest absolute Gasteiger partial charge is 0.381 e. The molecule has 1 amide bonds. The Balaban J connectivity index is 1.75. The van der Waals surface area contributed by atoms with Crippen LogP contribution in [-0.2, 0) is 16.0 Å². The number of nitrogens with one attached hydrogen (secondary N) is 1. The zero-order valence-electron chi connectivity index (χ0n) is 10.6. The molecule has 1 aliphatic rings. The molecule has 18 heavy (non-hydrogen) atoms. The van der Waals surface area contributed by atoms with Gasteiger partial charge in [0.15, 0.2) is 0 Å². The summed E-state index contributed by atoms with van der Waals surface area (Å²) in [5.74, 6) is 0.589. The Bertz CT molecular complexity index is 385. The third kappa shape index (κ3) is 4.03. The number of rotatable bonds is 5. The van der Waals surface area contributed by atoms with Crippen molar-refractivity contribution >= 4 is 17.7 Å². The fourth-order valence-electron chi connectivity index (χ4n) is 1.99. The van der Waals surface area contributed by atoms with Crippen LogP contribution in [0.5, 0.6) is 0 Å². The minimum Gasteiger partial charge on any atom is -0.381 e. The van der Waals surface area contributed by atoms with Gasteiger partial charge in [-0.2, -0.15) is 0 Å². The number of carbonyl (C=O) groups is 1. The van der Waals surface area contributed by atoms with Gasteiger partial charge >= 0.3 is 0 Å². The first-order valence-corrected chi connectivity index (χ1v) is 7.48. The van der Waals surface area contributed by atoms with Gasteiger partial charge in [-0.1, -0.05) is 12.1 Å². The van der Waals surface area contributed by atoms with Crippen LogP contribution in [0.15, 0.2) is 29.2 Å². The number of hydrogen-bond donors (Lipinski definition) is 1. The normalized spacial score (nSPS) is 18.8. The van der Waals surface area contributed by atoms with Crippen molar-refractivity contribution in [1.29, 1.82) is 0 Å². The van der Waals surface area contributed by atoms with Crippen LogP contribution in [-0.4, -0.2) is 31.9 Å². The first-order chi connectivity index (χ1) is 8.78. The highest BCUT2D eigenvalue weighted by molar-refractivity contribution is 7.98. The average Bonchev–Trinajstić information content (AvgIpc) is 2.90. The van der Waals surface area contributed by atoms with Crippen molar-refractivity contribution in [3.63, 3.8) is 0 Å². The number of carbonyl (C=O) groups excluding carboxylic acids is 1. The minimum absolute atomic E-state index is 0.0961. The molecule has 0 saturated carbocycles. The second-order valence-electron chi connectivity index (χ2n) is 4.56. The monoisotopic (exact) mass is 265 g/mol. The summed E-state index contributed by atoms with van der Waals surface area (Å²) >= 11 is 1.71. The van der Waals surface area contributed by atoms with E-state index in [0.717, 1.165) is 31.7 Å². The van der Waals surface area contributed by atoms with Gasteiger partial charge in [0, 0.05) is 24.0 Å². The smallest absolute Gasteiger partial charge is 0.224 e. The first-order valence-electron chi connectivity index (χ1n) is 6.25. The summed E-state index contributed by atoms with van der Waals surface area (Å²) in [4.78, 5) is 13.0. The first kappa shape index (κ1) is 13.4. The van der Waals surface area contributed by atoms with Crippen molar-refractivity contribution in [2.45, 2.75) is 17.7 Å². The molecule has 0 spiro atoms. The third-order valence-electron chi connectivity index (χ3n) is 3.14. The Kier molecular flexibility index (Phi) is 5.08. The van der Waals surface area contributed by atoms with Gasteiger partial charge in [-0.15, -0.1) is 11.8 Å². The zero-order valence-corrected chi connectivity index (χ0v) is 11.5. The lowest BCUT2D eigenvalue weighted by atomic mass is 10.1. The second kappa shape index (κ2) is 6.81. The van der Waals surface area contributed by atoms with E-state index in [1.54, 1.807) is 11.8 Å². The van der Waals surface area contributed by atoms with Crippen LogP contribution in [0.3, 0.4) is 0 Å². The lowest BCUT2D eigenvalue weighted by molar-refractivity contribution is -0.120. The summed E-state index contributed by atoms with van der Waals surface area (Å²) in [7, 11) is 0. The highest BCUT2D eigenvalue weighted by Gasteiger charge is 2.16. The minimum atomic E-state index is 0.0961. The standard InChI is InChI=1S/C14H19NO2S/c1-18-13-4-2-11(3-5-13)8-14(16)15-9-12-6-7-17-10-12/h2-5,12H,6-10H2,1H3,(H,15,16). The van der Waals surface area contributed by atoms with Crippen LogP contribution in [0.4, 0.5) is 0 Å². The fraction of sp³-hybridized carbons (Fsp3) is 0.500. The maximum atomic E-state index is 11.8. The number of amides is 1. The van der Waals surface area contributed by atoms with Crippen molar-refractivity contribution in [1.82, 2.24) is 5.32 Å². The molecule has 1 fully saturated rings. The van der Waals surface area contributed by atoms with E-state index in [2.05, 4.69) is 17.4 Å². The lowest BCUT2D eigenvalue weighted by Crippen LogP contribution is -2.30. The molecule has 1 atom stereocenters. The molecular weight excluding hydrogens is 246 g/mol. The Morgan fingerprint density at radius 1 is 1.44 bits per heavy atom. The quantitative estimate of drug-likeness (QED) is 0.829. The van der Waals surface area contributed by atoms with E-state index in [0.29, 0.717) is 12.3 Å². The van der Waals surface area contributed by atoms with Crippen LogP contribution in [0.2, 0.25) is 0 Å². The molecule has 0 aliphatic carbocycles. The second-order valence-corrected chi connectivity index (χ2v) is 5.44. The predicted molar refractivity (Wildman–Crippen MR) is 73.9 cm³/mol. The van der Waals surface area contributed by atoms with Crippen molar-refractivity contribution < 1.29 is 9.53 Å². The van der Waals surface area contributed by atoms with Crippen LogP contribution in [0.1, 0.15) is 12.0 Å². The fourth-order valence-corrected chi connectivity index (χ4v) is 2.40. The highest BCUT2D eigenvalue weighted by atomic mass is 32.2. The molecule has 2 rings (SSSR count). The molecule has 1 saturated heterocycles. The zero-order chi connectivity index (χ0) is 12.8. The third-order valence-corrected chi connectivity index (χ3v) is 3.88. The number of ether oxygens (including phenoxy) is 1. The van der Waals surface area contributed by atoms with E-state index in [1.165, 1.54) is 4.90 Å². The van der Waals surface area contributed by atoms with Crippen molar-refractivity contribution in [2.75, 3.05) is 26.0 Å². The molecule has 1 heterocycles. The SMILES string of the molecule is CSc1ccc(CC(=O)NCC2CCOC2)cc1. The van der Waals surface area contributed by atoms with Crippen LogP contribution in [0.25, 0.3) is 0 Å². The molecule has 0 bridgehead atoms. The summed E-state index contributed by atoms with van der Waals surface area (Å²) in [6.45, 7) is 2.35. The molecular formula is C14H19NO2S. The molecule has 98 valence electrons. The van der Waals surface area contributed by atoms with E-state index >= 15 is 0 Å². The molecule has 0 radical (unpaired) electrons. The van der Waals surface area contributed by atoms with Gasteiger partial charge in [-0.3, -0.25) is 4.79 Å². The summed E-state index contributed by atoms with van der Waals surface area (Å²) < 4.78 is 5.28. The Labute approximate surface area is 112 Å². The lowest BCUT2D eigenvalue weighted by Gasteiger charge is -2.09. The van der Waals surface area contributed by atoms with Crippen molar-refractivity contribution in [3.05, 3.63) is 29.8 Å². The molecule has 0 aromatic heterocycles. The number of benzene rings is 1. The Morgan fingerprint density at radius 2 is 2.22 bits per heavy atom. The van der Waals surface area contributed by atoms with Gasteiger partial charge in [0.2, 0.25) is 5.91 Å². The molecule has 1 N–H and O–H groups in total. The van der Waals surface area contributed by atoms with Crippen LogP contribution in [0, 0.1) is 5.92 Å². The van der Waals surface area contributed by atoms with E-state index < -0.39 is 0 Å². The van der Waals surface area contributed by atoms with Gasteiger partial charge in [0.1, 0.15) is 0 Å². The Morgan fingerprint density at radius 3 is 2.83 bits per heavy atom. The summed E-state index contributed by atoms with van der Waals surface area (Å²) in [6.07, 6.45) is 3.57. The van der Waals surface area contributed by atoms with Gasteiger partial charge < -0.3 is 10.1 Å². The predicted octanol–water partition coefficient (Wildman–Crippen LogP) is 2.10. The molecule has 1 unspecified atom stereocenters. The maximum absolute atomic E-state index is 11.8. The topological polar surface area (TPSA) is 38.3 Å². The van der Waals surface area contributed by atoms with Crippen LogP contribution < -0.4 is 5.32 Å². The maximum Gasteiger partial charge on any atom is 0.224 e. The Hall–Kier alpha value is -1.00. The number of thioether (sulfide) groups is 1. The molecule has 1 aliphatic heterocycles. The van der Waals surface area contributed by atoms with E-state index in [9.17, 15) is 4.79 Å². The molecule has 3 nitrogen and oxygen atoms in total. The summed E-state index contributed by atoms with van der Waals surface area (Å²) in [5.41, 5.74) is 1.06. The number of hydrogen-bond acceptors (Lipinski definition) is 3. The molecule has 1 aromatic carbocycles. The van der Waals surface area contributed by atoms with E-state index in [4.69, 9.17) is 4.74 Å². The molecule has 1 aromatic rings. The highest BCUT2D eigenvalue weighted by Crippen LogP contribution is 2.15. The van der Waals surface area contributed by atoms with Crippen molar-refractivity contribution in [3.8, 4) is 0 Å². The average molecular weight is 265 g/mol. The molecule has 4 heteroatoms. The van der Waals surface area contributed by atoms with Gasteiger partial charge in [-0.25, -0.2) is 0 Å². The van der Waals surface area contributed by atoms with Crippen LogP contribution >= 0.6 is 11.8 Å². The summed E-state index contributed by atoms with van der Waals surface area (Å²) in [5, 5.41) is 2.98. The van der Waals surface area contributed by atoms with Crippen molar-refractivity contribution in [2.24, 2.45) is 5.92 Å².